The molecule has 0 bridgehead atoms. The van der Waals surface area contributed by atoms with Crippen LogP contribution in [-0.2, 0) is 4.79 Å². The lowest BCUT2D eigenvalue weighted by molar-refractivity contribution is -0.116. The molecule has 1 aliphatic carbocycles. The van der Waals surface area contributed by atoms with Crippen molar-refractivity contribution in [1.29, 1.82) is 0 Å². The van der Waals surface area contributed by atoms with Crippen molar-refractivity contribution < 1.29 is 4.79 Å². The fourth-order valence-electron chi connectivity index (χ4n) is 5.19. The number of hydrogen-bond donors (Lipinski definition) is 2. The first kappa shape index (κ1) is 18.9. The number of allylic oxidation sites excluding steroid dienone is 1. The third kappa shape index (κ3) is 3.18. The normalized spacial score (nSPS) is 20.1. The van der Waals surface area contributed by atoms with Gasteiger partial charge >= 0.3 is 0 Å². The van der Waals surface area contributed by atoms with Crippen LogP contribution in [0.25, 0.3) is 10.8 Å². The third-order valence-corrected chi connectivity index (χ3v) is 6.71. The maximum Gasteiger partial charge on any atom is 0.163 e. The molecule has 4 aromatic rings. The summed E-state index contributed by atoms with van der Waals surface area (Å²) in [4.78, 5) is 13.7. The molecule has 0 amide bonds. The van der Waals surface area contributed by atoms with Gasteiger partial charge in [-0.05, 0) is 46.4 Å². The Hall–Kier alpha value is -3.85. The number of para-hydroxylation sites is 2. The van der Waals surface area contributed by atoms with E-state index in [1.165, 1.54) is 16.3 Å². The van der Waals surface area contributed by atoms with Crippen LogP contribution >= 0.6 is 0 Å². The van der Waals surface area contributed by atoms with Gasteiger partial charge in [-0.3, -0.25) is 4.79 Å². The van der Waals surface area contributed by atoms with Crippen molar-refractivity contribution in [2.75, 3.05) is 10.6 Å². The van der Waals surface area contributed by atoms with Crippen LogP contribution < -0.4 is 10.6 Å². The van der Waals surface area contributed by atoms with Gasteiger partial charge in [-0.2, -0.15) is 0 Å². The van der Waals surface area contributed by atoms with Crippen molar-refractivity contribution in [1.82, 2.24) is 0 Å². The van der Waals surface area contributed by atoms with Crippen molar-refractivity contribution in [2.45, 2.75) is 24.8 Å². The van der Waals surface area contributed by atoms with Gasteiger partial charge in [0.05, 0.1) is 17.4 Å². The second-order valence-corrected chi connectivity index (χ2v) is 8.65. The molecule has 1 heterocycles. The molecule has 3 heteroatoms. The van der Waals surface area contributed by atoms with Crippen LogP contribution in [0.15, 0.2) is 108 Å². The maximum absolute atomic E-state index is 13.7. The molecule has 0 aromatic heterocycles. The van der Waals surface area contributed by atoms with Gasteiger partial charge in [-0.15, -0.1) is 0 Å². The molecule has 0 unspecified atom stereocenters. The topological polar surface area (TPSA) is 41.1 Å². The van der Waals surface area contributed by atoms with Crippen molar-refractivity contribution in [3.05, 3.63) is 119 Å². The number of fused-ring (bicyclic) bond motifs is 2. The monoisotopic (exact) mass is 416 g/mol. The van der Waals surface area contributed by atoms with Crippen molar-refractivity contribution in [3.63, 3.8) is 0 Å². The third-order valence-electron chi connectivity index (χ3n) is 6.71. The van der Waals surface area contributed by atoms with Gasteiger partial charge in [0, 0.05) is 17.7 Å². The number of Topliss-reactive ketones (excluding diaryl/α,β-unsaturated/α-hetero) is 1. The van der Waals surface area contributed by atoms with Crippen LogP contribution in [0.4, 0.5) is 11.4 Å². The molecule has 3 nitrogen and oxygen atoms in total. The number of ketones is 1. The van der Waals surface area contributed by atoms with E-state index in [-0.39, 0.29) is 17.7 Å². The fraction of sp³-hybridized carbons (Fsp3) is 0.138. The van der Waals surface area contributed by atoms with E-state index in [1.807, 2.05) is 18.2 Å². The lowest BCUT2D eigenvalue weighted by Gasteiger charge is -2.30. The molecule has 1 aliphatic heterocycles. The SMILES string of the molecule is O=C1C[C@H](c2ccccc2)CC2=C1[C@@H](c1cccc3ccccc13)Nc1ccccc1N2. The second-order valence-electron chi connectivity index (χ2n) is 8.65. The number of carbonyl (C=O) groups is 1. The van der Waals surface area contributed by atoms with Crippen LogP contribution in [-0.4, -0.2) is 5.78 Å². The van der Waals surface area contributed by atoms with Crippen molar-refractivity contribution in [3.8, 4) is 0 Å². The highest BCUT2D eigenvalue weighted by Gasteiger charge is 2.36. The molecule has 0 saturated heterocycles. The summed E-state index contributed by atoms with van der Waals surface area (Å²) in [5.41, 5.74) is 6.30. The maximum atomic E-state index is 13.7. The molecule has 0 radical (unpaired) electrons. The fourth-order valence-corrected chi connectivity index (χ4v) is 5.19. The van der Waals surface area contributed by atoms with E-state index in [4.69, 9.17) is 0 Å². The molecule has 0 fully saturated rings. The van der Waals surface area contributed by atoms with E-state index in [2.05, 4.69) is 89.5 Å². The Bertz CT molecular complexity index is 1350. The average molecular weight is 417 g/mol. The van der Waals surface area contributed by atoms with E-state index in [9.17, 15) is 4.79 Å². The largest absolute Gasteiger partial charge is 0.372 e. The summed E-state index contributed by atoms with van der Waals surface area (Å²) in [6, 6.07) is 33.2. The number of nitrogens with one attached hydrogen (secondary N) is 2. The summed E-state index contributed by atoms with van der Waals surface area (Å²) >= 11 is 0. The molecule has 4 aromatic carbocycles. The molecule has 156 valence electrons. The van der Waals surface area contributed by atoms with Gasteiger partial charge in [0.2, 0.25) is 0 Å². The van der Waals surface area contributed by atoms with Crippen LogP contribution in [0.1, 0.15) is 35.9 Å². The summed E-state index contributed by atoms with van der Waals surface area (Å²) in [6.45, 7) is 0. The highest BCUT2D eigenvalue weighted by atomic mass is 16.1. The number of anilines is 2. The molecule has 32 heavy (non-hydrogen) atoms. The van der Waals surface area contributed by atoms with Crippen LogP contribution in [0, 0.1) is 0 Å². The molecule has 0 spiro atoms. The highest BCUT2D eigenvalue weighted by Crippen LogP contribution is 2.45. The molecular formula is C29H24N2O. The minimum atomic E-state index is -0.198. The predicted molar refractivity (Wildman–Crippen MR) is 131 cm³/mol. The first-order valence-electron chi connectivity index (χ1n) is 11.2. The molecule has 2 N–H and O–H groups in total. The highest BCUT2D eigenvalue weighted by molar-refractivity contribution is 6.02. The van der Waals surface area contributed by atoms with Crippen LogP contribution in [0.3, 0.4) is 0 Å². The van der Waals surface area contributed by atoms with Crippen LogP contribution in [0.2, 0.25) is 0 Å². The Kier molecular flexibility index (Phi) is 4.53. The van der Waals surface area contributed by atoms with E-state index < -0.39 is 0 Å². The number of carbonyl (C=O) groups excluding carboxylic acids is 1. The average Bonchev–Trinajstić information content (AvgIpc) is 3.01. The van der Waals surface area contributed by atoms with Gasteiger partial charge < -0.3 is 10.6 Å². The molecule has 2 aliphatic rings. The number of rotatable bonds is 2. The van der Waals surface area contributed by atoms with Gasteiger partial charge in [-0.25, -0.2) is 0 Å². The van der Waals surface area contributed by atoms with Crippen molar-refractivity contribution >= 4 is 27.9 Å². The second kappa shape index (κ2) is 7.69. The zero-order chi connectivity index (χ0) is 21.5. The first-order valence-corrected chi connectivity index (χ1v) is 11.2. The Labute approximate surface area is 187 Å². The molecule has 6 rings (SSSR count). The smallest absolute Gasteiger partial charge is 0.163 e. The van der Waals surface area contributed by atoms with E-state index in [0.29, 0.717) is 6.42 Å². The predicted octanol–water partition coefficient (Wildman–Crippen LogP) is 6.82. The lowest BCUT2D eigenvalue weighted by Crippen LogP contribution is -2.27. The quantitative estimate of drug-likeness (QED) is 0.377. The summed E-state index contributed by atoms with van der Waals surface area (Å²) in [5, 5.41) is 9.71. The van der Waals surface area contributed by atoms with Gasteiger partial charge in [0.25, 0.3) is 0 Å². The van der Waals surface area contributed by atoms with Gasteiger partial charge in [-0.1, -0.05) is 84.9 Å². The lowest BCUT2D eigenvalue weighted by atomic mass is 9.78. The Morgan fingerprint density at radius 1 is 0.688 bits per heavy atom. The first-order chi connectivity index (χ1) is 15.8. The molecular weight excluding hydrogens is 392 g/mol. The summed E-state index contributed by atoms with van der Waals surface area (Å²) in [5.74, 6) is 0.402. The van der Waals surface area contributed by atoms with Gasteiger partial charge in [0.1, 0.15) is 0 Å². The molecule has 2 atom stereocenters. The summed E-state index contributed by atoms with van der Waals surface area (Å²) in [7, 11) is 0. The molecule has 0 saturated carbocycles. The van der Waals surface area contributed by atoms with Gasteiger partial charge in [0.15, 0.2) is 5.78 Å². The van der Waals surface area contributed by atoms with Crippen molar-refractivity contribution in [2.24, 2.45) is 0 Å². The summed E-state index contributed by atoms with van der Waals surface area (Å²) < 4.78 is 0. The van der Waals surface area contributed by atoms with E-state index in [1.54, 1.807) is 0 Å². The standard InChI is InChI=1S/C29H24N2O/c32-27-18-21(19-9-2-1-3-10-19)17-26-28(27)29(31-25-16-7-6-15-24(25)30-26)23-14-8-12-20-11-4-5-13-22(20)23/h1-16,21,29-31H,17-18H2/t21-,29-/m1/s1. The number of benzene rings is 4. The minimum absolute atomic E-state index is 0.188. The minimum Gasteiger partial charge on any atom is -0.372 e. The summed E-state index contributed by atoms with van der Waals surface area (Å²) in [6.07, 6.45) is 1.35. The Morgan fingerprint density at radius 3 is 2.28 bits per heavy atom. The Balaban J connectivity index is 1.53. The van der Waals surface area contributed by atoms with E-state index in [0.717, 1.165) is 34.6 Å². The number of hydrogen-bond acceptors (Lipinski definition) is 3. The van der Waals surface area contributed by atoms with E-state index >= 15 is 0 Å². The Morgan fingerprint density at radius 2 is 1.41 bits per heavy atom. The zero-order valence-corrected chi connectivity index (χ0v) is 17.7. The van der Waals surface area contributed by atoms with Crippen LogP contribution in [0.5, 0.6) is 0 Å². The zero-order valence-electron chi connectivity index (χ0n) is 17.7.